The van der Waals surface area contributed by atoms with Gasteiger partial charge in [0.1, 0.15) is 25.0 Å². The van der Waals surface area contributed by atoms with E-state index in [1.807, 2.05) is 18.2 Å². The van der Waals surface area contributed by atoms with Crippen LogP contribution in [0.1, 0.15) is 25.3 Å². The van der Waals surface area contributed by atoms with E-state index in [9.17, 15) is 5.11 Å². The number of benzene rings is 2. The van der Waals surface area contributed by atoms with Crippen molar-refractivity contribution in [2.24, 2.45) is 0 Å². The second-order valence-corrected chi connectivity index (χ2v) is 7.43. The van der Waals surface area contributed by atoms with Gasteiger partial charge in [-0.2, -0.15) is 0 Å². The standard InChI is InChI=1S/C22H30N2O2/c1-18(2)21-10-6-7-11-22(21)26-17-20(25)16-23-12-14-24(15-13-23)19-8-4-3-5-9-19/h3-11,18,20,25H,12-17H2,1-2H3/p+1/t20-/m0/s1. The molecule has 0 aromatic heterocycles. The number of quaternary nitrogens is 1. The molecule has 1 saturated heterocycles. The minimum atomic E-state index is -0.437. The molecule has 1 aliphatic heterocycles. The van der Waals surface area contributed by atoms with Crippen molar-refractivity contribution in [2.45, 2.75) is 25.9 Å². The van der Waals surface area contributed by atoms with Crippen molar-refractivity contribution >= 4 is 5.69 Å². The van der Waals surface area contributed by atoms with Gasteiger partial charge >= 0.3 is 0 Å². The van der Waals surface area contributed by atoms with Gasteiger partial charge in [0, 0.05) is 5.69 Å². The Morgan fingerprint density at radius 1 is 1.00 bits per heavy atom. The van der Waals surface area contributed by atoms with E-state index in [0.717, 1.165) is 38.5 Å². The number of rotatable bonds is 7. The summed E-state index contributed by atoms with van der Waals surface area (Å²) in [4.78, 5) is 3.87. The molecule has 0 saturated carbocycles. The molecule has 4 heteroatoms. The Hall–Kier alpha value is -2.04. The second-order valence-electron chi connectivity index (χ2n) is 7.43. The van der Waals surface area contributed by atoms with Crippen LogP contribution in [0.25, 0.3) is 0 Å². The highest BCUT2D eigenvalue weighted by Gasteiger charge is 2.23. The number of aliphatic hydroxyl groups excluding tert-OH is 1. The van der Waals surface area contributed by atoms with E-state index in [2.05, 4.69) is 55.1 Å². The Labute approximate surface area is 157 Å². The largest absolute Gasteiger partial charge is 0.490 e. The van der Waals surface area contributed by atoms with E-state index in [0.29, 0.717) is 12.5 Å². The summed E-state index contributed by atoms with van der Waals surface area (Å²) in [6.45, 7) is 9.58. The minimum absolute atomic E-state index is 0.357. The first-order valence-electron chi connectivity index (χ1n) is 9.67. The molecule has 1 atom stereocenters. The summed E-state index contributed by atoms with van der Waals surface area (Å²) in [5.41, 5.74) is 2.49. The van der Waals surface area contributed by atoms with Crippen LogP contribution >= 0.6 is 0 Å². The number of nitrogens with one attached hydrogen (secondary N) is 1. The topological polar surface area (TPSA) is 37.1 Å². The zero-order valence-corrected chi connectivity index (χ0v) is 15.9. The summed E-state index contributed by atoms with van der Waals surface area (Å²) in [7, 11) is 0. The number of anilines is 1. The number of piperazine rings is 1. The molecule has 0 aliphatic carbocycles. The van der Waals surface area contributed by atoms with Crippen molar-refractivity contribution in [1.82, 2.24) is 0 Å². The Kier molecular flexibility index (Phi) is 6.53. The predicted molar refractivity (Wildman–Crippen MR) is 106 cm³/mol. The summed E-state index contributed by atoms with van der Waals surface area (Å²) >= 11 is 0. The first-order valence-corrected chi connectivity index (χ1v) is 9.67. The smallest absolute Gasteiger partial charge is 0.137 e. The maximum absolute atomic E-state index is 10.4. The van der Waals surface area contributed by atoms with Crippen LogP contribution < -0.4 is 14.5 Å². The molecule has 2 aromatic carbocycles. The van der Waals surface area contributed by atoms with Crippen LogP contribution in [0.15, 0.2) is 54.6 Å². The number of hydrogen-bond acceptors (Lipinski definition) is 3. The highest BCUT2D eigenvalue weighted by atomic mass is 16.5. The number of aliphatic hydroxyl groups is 1. The Morgan fingerprint density at radius 2 is 1.65 bits per heavy atom. The molecule has 4 nitrogen and oxygen atoms in total. The zero-order chi connectivity index (χ0) is 18.4. The van der Waals surface area contributed by atoms with Gasteiger partial charge < -0.3 is 19.6 Å². The van der Waals surface area contributed by atoms with Crippen molar-refractivity contribution in [3.8, 4) is 5.75 Å². The molecule has 26 heavy (non-hydrogen) atoms. The van der Waals surface area contributed by atoms with Gasteiger partial charge in [-0.3, -0.25) is 0 Å². The molecular weight excluding hydrogens is 324 g/mol. The van der Waals surface area contributed by atoms with Crippen molar-refractivity contribution < 1.29 is 14.7 Å². The van der Waals surface area contributed by atoms with Crippen LogP contribution in [0, 0.1) is 0 Å². The number of ether oxygens (including phenoxy) is 1. The highest BCUT2D eigenvalue weighted by molar-refractivity contribution is 5.46. The fourth-order valence-electron chi connectivity index (χ4n) is 3.59. The monoisotopic (exact) mass is 355 g/mol. The van der Waals surface area contributed by atoms with Crippen LogP contribution in [-0.4, -0.2) is 50.5 Å². The molecular formula is C22H31N2O2+. The van der Waals surface area contributed by atoms with Crippen LogP contribution in [0.2, 0.25) is 0 Å². The second kappa shape index (κ2) is 9.06. The van der Waals surface area contributed by atoms with Gasteiger partial charge in [0.15, 0.2) is 0 Å². The summed E-state index contributed by atoms with van der Waals surface area (Å²) in [6, 6.07) is 18.7. The van der Waals surface area contributed by atoms with Gasteiger partial charge in [0.05, 0.1) is 26.2 Å². The normalized spacial score (nSPS) is 16.7. The molecule has 0 bridgehead atoms. The minimum Gasteiger partial charge on any atom is -0.490 e. The van der Waals surface area contributed by atoms with Gasteiger partial charge in [0.25, 0.3) is 0 Å². The fourth-order valence-corrected chi connectivity index (χ4v) is 3.59. The molecule has 1 fully saturated rings. The quantitative estimate of drug-likeness (QED) is 0.797. The molecule has 0 unspecified atom stereocenters. The lowest BCUT2D eigenvalue weighted by Gasteiger charge is -2.34. The van der Waals surface area contributed by atoms with E-state index in [4.69, 9.17) is 4.74 Å². The first kappa shape index (κ1) is 18.7. The number of nitrogens with zero attached hydrogens (tertiary/aromatic N) is 1. The van der Waals surface area contributed by atoms with Gasteiger partial charge in [-0.05, 0) is 29.7 Å². The van der Waals surface area contributed by atoms with Crippen molar-refractivity contribution in [1.29, 1.82) is 0 Å². The lowest BCUT2D eigenvalue weighted by Crippen LogP contribution is -3.16. The predicted octanol–water partition coefficient (Wildman–Crippen LogP) is 1.95. The average molecular weight is 356 g/mol. The Morgan fingerprint density at radius 3 is 2.35 bits per heavy atom. The molecule has 2 aromatic rings. The summed E-state index contributed by atoms with van der Waals surface area (Å²) in [5, 5.41) is 10.4. The van der Waals surface area contributed by atoms with E-state index in [1.54, 1.807) is 0 Å². The fraction of sp³-hybridized carbons (Fsp3) is 0.455. The molecule has 0 radical (unpaired) electrons. The highest BCUT2D eigenvalue weighted by Crippen LogP contribution is 2.25. The van der Waals surface area contributed by atoms with Crippen LogP contribution in [0.5, 0.6) is 5.75 Å². The summed E-state index contributed by atoms with van der Waals surface area (Å²) < 4.78 is 5.92. The van der Waals surface area contributed by atoms with Gasteiger partial charge in [-0.15, -0.1) is 0 Å². The van der Waals surface area contributed by atoms with Crippen molar-refractivity contribution in [3.05, 3.63) is 60.2 Å². The molecule has 3 rings (SSSR count). The van der Waals surface area contributed by atoms with Crippen LogP contribution in [0.4, 0.5) is 5.69 Å². The number of para-hydroxylation sites is 2. The maximum atomic E-state index is 10.4. The Bertz CT molecular complexity index is 667. The zero-order valence-electron chi connectivity index (χ0n) is 15.9. The SMILES string of the molecule is CC(C)c1ccccc1OC[C@@H](O)C[NH+]1CCN(c2ccccc2)CC1. The first-order chi connectivity index (χ1) is 12.6. The van der Waals surface area contributed by atoms with E-state index >= 15 is 0 Å². The van der Waals surface area contributed by atoms with Gasteiger partial charge in [0.2, 0.25) is 0 Å². The average Bonchev–Trinajstić information content (AvgIpc) is 2.68. The lowest BCUT2D eigenvalue weighted by atomic mass is 10.0. The molecule has 1 heterocycles. The third-order valence-electron chi connectivity index (χ3n) is 5.09. The summed E-state index contributed by atoms with van der Waals surface area (Å²) in [5.74, 6) is 1.31. The van der Waals surface area contributed by atoms with Gasteiger partial charge in [-0.25, -0.2) is 0 Å². The van der Waals surface area contributed by atoms with Crippen molar-refractivity contribution in [3.63, 3.8) is 0 Å². The van der Waals surface area contributed by atoms with Crippen LogP contribution in [0.3, 0.4) is 0 Å². The van der Waals surface area contributed by atoms with Gasteiger partial charge in [-0.1, -0.05) is 50.2 Å². The molecule has 0 amide bonds. The number of hydrogen-bond donors (Lipinski definition) is 2. The third-order valence-corrected chi connectivity index (χ3v) is 5.09. The molecule has 1 aliphatic rings. The lowest BCUT2D eigenvalue weighted by molar-refractivity contribution is -0.903. The maximum Gasteiger partial charge on any atom is 0.137 e. The van der Waals surface area contributed by atoms with E-state index in [1.165, 1.54) is 16.2 Å². The Balaban J connectivity index is 1.44. The van der Waals surface area contributed by atoms with Crippen molar-refractivity contribution in [2.75, 3.05) is 44.2 Å². The van der Waals surface area contributed by atoms with E-state index < -0.39 is 6.10 Å². The van der Waals surface area contributed by atoms with E-state index in [-0.39, 0.29) is 0 Å². The molecule has 0 spiro atoms. The molecule has 140 valence electrons. The molecule has 2 N–H and O–H groups in total. The third kappa shape index (κ3) is 4.99. The summed E-state index contributed by atoms with van der Waals surface area (Å²) in [6.07, 6.45) is -0.437. The van der Waals surface area contributed by atoms with Crippen LogP contribution in [-0.2, 0) is 0 Å².